The van der Waals surface area contributed by atoms with Crippen molar-refractivity contribution in [2.24, 2.45) is 0 Å². The van der Waals surface area contributed by atoms with Crippen LogP contribution in [0.2, 0.25) is 0 Å². The van der Waals surface area contributed by atoms with E-state index in [0.717, 1.165) is 29.6 Å². The minimum atomic E-state index is 0.555. The van der Waals surface area contributed by atoms with E-state index in [1.807, 2.05) is 6.07 Å². The molecule has 1 N–H and O–H groups in total. The number of rotatable bonds is 5. The molecule has 0 aromatic carbocycles. The van der Waals surface area contributed by atoms with Gasteiger partial charge in [0.25, 0.3) is 0 Å². The summed E-state index contributed by atoms with van der Waals surface area (Å²) in [5, 5.41) is 4.85. The molecule has 1 heterocycles. The molecule has 0 spiro atoms. The Bertz CT molecular complexity index is 313. The molecule has 0 saturated carbocycles. The van der Waals surface area contributed by atoms with Crippen LogP contribution in [0.1, 0.15) is 33.5 Å². The number of hydrogen-bond donors (Lipinski definition) is 1. The Morgan fingerprint density at radius 3 is 2.60 bits per heavy atom. The van der Waals surface area contributed by atoms with Gasteiger partial charge in [0.15, 0.2) is 0 Å². The lowest BCUT2D eigenvalue weighted by molar-refractivity contribution is 0.884. The van der Waals surface area contributed by atoms with Crippen molar-refractivity contribution in [2.45, 2.75) is 44.4 Å². The van der Waals surface area contributed by atoms with Gasteiger partial charge in [-0.2, -0.15) is 0 Å². The molecule has 1 rings (SSSR count). The highest BCUT2D eigenvalue weighted by Crippen LogP contribution is 2.22. The van der Waals surface area contributed by atoms with E-state index in [4.69, 9.17) is 0 Å². The van der Waals surface area contributed by atoms with Crippen molar-refractivity contribution in [3.8, 4) is 0 Å². The number of thioether (sulfide) groups is 1. The quantitative estimate of drug-likeness (QED) is 0.617. The Hall–Kier alpha value is -0.770. The van der Waals surface area contributed by atoms with Crippen molar-refractivity contribution >= 4 is 17.6 Å². The number of anilines is 1. The minimum absolute atomic E-state index is 0.555. The van der Waals surface area contributed by atoms with Gasteiger partial charge in [0, 0.05) is 24.3 Å². The van der Waals surface area contributed by atoms with E-state index in [-0.39, 0.29) is 0 Å². The fraction of sp³-hybridized carbons (Fsp3) is 0.636. The second-order valence-electron chi connectivity index (χ2n) is 3.56. The summed E-state index contributed by atoms with van der Waals surface area (Å²) in [5.74, 6) is 1.85. The first-order valence-corrected chi connectivity index (χ1v) is 6.32. The van der Waals surface area contributed by atoms with Gasteiger partial charge in [-0.1, -0.05) is 20.8 Å². The molecule has 0 aliphatic heterocycles. The first-order chi connectivity index (χ1) is 7.15. The van der Waals surface area contributed by atoms with Crippen molar-refractivity contribution < 1.29 is 0 Å². The lowest BCUT2D eigenvalue weighted by Crippen LogP contribution is -2.04. The molecular weight excluding hydrogens is 206 g/mol. The lowest BCUT2D eigenvalue weighted by atomic mass is 10.4. The molecule has 0 fully saturated rings. The van der Waals surface area contributed by atoms with Crippen LogP contribution in [0.5, 0.6) is 0 Å². The molecule has 0 aliphatic rings. The van der Waals surface area contributed by atoms with Crippen LogP contribution in [-0.4, -0.2) is 21.8 Å². The van der Waals surface area contributed by atoms with Crippen LogP contribution in [-0.2, 0) is 6.42 Å². The maximum Gasteiger partial charge on any atom is 0.131 e. The average molecular weight is 225 g/mol. The molecule has 1 aromatic heterocycles. The van der Waals surface area contributed by atoms with Gasteiger partial charge >= 0.3 is 0 Å². The summed E-state index contributed by atoms with van der Waals surface area (Å²) >= 11 is 1.78. The molecule has 0 unspecified atom stereocenters. The van der Waals surface area contributed by atoms with Crippen molar-refractivity contribution in [3.05, 3.63) is 11.9 Å². The molecule has 4 heteroatoms. The fourth-order valence-corrected chi connectivity index (χ4v) is 2.03. The first-order valence-electron chi connectivity index (χ1n) is 5.44. The van der Waals surface area contributed by atoms with Crippen molar-refractivity contribution in [2.75, 3.05) is 11.9 Å². The van der Waals surface area contributed by atoms with Crippen LogP contribution in [0, 0.1) is 0 Å². The fourth-order valence-electron chi connectivity index (χ4n) is 1.20. The SMILES string of the molecule is CCNc1cc(SC(C)C)nc(CC)n1. The van der Waals surface area contributed by atoms with Gasteiger partial charge in [-0.25, -0.2) is 9.97 Å². The summed E-state index contributed by atoms with van der Waals surface area (Å²) in [6.07, 6.45) is 0.880. The third-order valence-electron chi connectivity index (χ3n) is 1.78. The molecule has 1 aromatic rings. The zero-order valence-electron chi connectivity index (χ0n) is 9.87. The number of aromatic nitrogens is 2. The molecule has 0 bridgehead atoms. The summed E-state index contributed by atoms with van der Waals surface area (Å²) in [7, 11) is 0. The van der Waals surface area contributed by atoms with Crippen molar-refractivity contribution in [1.82, 2.24) is 9.97 Å². The maximum atomic E-state index is 4.49. The normalized spacial score (nSPS) is 10.7. The molecule has 0 saturated heterocycles. The summed E-state index contributed by atoms with van der Waals surface area (Å²) in [6, 6.07) is 2.02. The Labute approximate surface area is 96.1 Å². The topological polar surface area (TPSA) is 37.8 Å². The van der Waals surface area contributed by atoms with Crippen LogP contribution >= 0.6 is 11.8 Å². The zero-order valence-corrected chi connectivity index (χ0v) is 10.7. The second kappa shape index (κ2) is 5.95. The number of nitrogens with zero attached hydrogens (tertiary/aromatic N) is 2. The third-order valence-corrected chi connectivity index (χ3v) is 2.70. The average Bonchev–Trinajstić information content (AvgIpc) is 2.16. The van der Waals surface area contributed by atoms with E-state index in [2.05, 4.69) is 43.0 Å². The molecule has 0 atom stereocenters. The summed E-state index contributed by atoms with van der Waals surface area (Å²) < 4.78 is 0. The van der Waals surface area contributed by atoms with Gasteiger partial charge in [0.05, 0.1) is 0 Å². The van der Waals surface area contributed by atoms with Gasteiger partial charge in [-0.15, -0.1) is 11.8 Å². The van der Waals surface area contributed by atoms with Gasteiger partial charge < -0.3 is 5.32 Å². The Morgan fingerprint density at radius 1 is 1.33 bits per heavy atom. The smallest absolute Gasteiger partial charge is 0.131 e. The van der Waals surface area contributed by atoms with Gasteiger partial charge in [0.1, 0.15) is 16.7 Å². The summed E-state index contributed by atoms with van der Waals surface area (Å²) in [4.78, 5) is 8.90. The molecule has 84 valence electrons. The van der Waals surface area contributed by atoms with E-state index in [1.54, 1.807) is 11.8 Å². The largest absolute Gasteiger partial charge is 0.370 e. The highest BCUT2D eigenvalue weighted by atomic mass is 32.2. The van der Waals surface area contributed by atoms with Crippen LogP contribution in [0.4, 0.5) is 5.82 Å². The van der Waals surface area contributed by atoms with Crippen LogP contribution in [0.25, 0.3) is 0 Å². The predicted molar refractivity (Wildman–Crippen MR) is 66.6 cm³/mol. The van der Waals surface area contributed by atoms with E-state index in [1.165, 1.54) is 0 Å². The second-order valence-corrected chi connectivity index (χ2v) is 5.15. The Kier molecular flexibility index (Phi) is 4.88. The van der Waals surface area contributed by atoms with Gasteiger partial charge in [-0.05, 0) is 6.92 Å². The molecule has 0 radical (unpaired) electrons. The maximum absolute atomic E-state index is 4.49. The number of hydrogen-bond acceptors (Lipinski definition) is 4. The standard InChI is InChI=1S/C11H19N3S/c1-5-9-13-10(12-6-2)7-11(14-9)15-8(3)4/h7-8H,5-6H2,1-4H3,(H,12,13,14). The molecule has 0 amide bonds. The van der Waals surface area contributed by atoms with Gasteiger partial charge in [-0.3, -0.25) is 0 Å². The lowest BCUT2D eigenvalue weighted by Gasteiger charge is -2.09. The third kappa shape index (κ3) is 4.08. The highest BCUT2D eigenvalue weighted by Gasteiger charge is 2.05. The molecular formula is C11H19N3S. The monoisotopic (exact) mass is 225 g/mol. The molecule has 0 aliphatic carbocycles. The summed E-state index contributed by atoms with van der Waals surface area (Å²) in [5.41, 5.74) is 0. The van der Waals surface area contributed by atoms with Gasteiger partial charge in [0.2, 0.25) is 0 Å². The van der Waals surface area contributed by atoms with Crippen LogP contribution in [0.15, 0.2) is 11.1 Å². The number of aryl methyl sites for hydroxylation is 1. The number of nitrogens with one attached hydrogen (secondary N) is 1. The van der Waals surface area contributed by atoms with Crippen LogP contribution in [0.3, 0.4) is 0 Å². The van der Waals surface area contributed by atoms with Crippen LogP contribution < -0.4 is 5.32 Å². The molecule has 3 nitrogen and oxygen atoms in total. The van der Waals surface area contributed by atoms with E-state index in [0.29, 0.717) is 5.25 Å². The van der Waals surface area contributed by atoms with E-state index < -0.39 is 0 Å². The Morgan fingerprint density at radius 2 is 2.07 bits per heavy atom. The summed E-state index contributed by atoms with van der Waals surface area (Å²) in [6.45, 7) is 9.39. The molecule has 15 heavy (non-hydrogen) atoms. The first kappa shape index (κ1) is 12.3. The minimum Gasteiger partial charge on any atom is -0.370 e. The predicted octanol–water partition coefficient (Wildman–Crippen LogP) is 2.97. The Balaban J connectivity index is 2.89. The van der Waals surface area contributed by atoms with E-state index in [9.17, 15) is 0 Å². The van der Waals surface area contributed by atoms with Crippen molar-refractivity contribution in [3.63, 3.8) is 0 Å². The van der Waals surface area contributed by atoms with E-state index >= 15 is 0 Å². The zero-order chi connectivity index (χ0) is 11.3. The highest BCUT2D eigenvalue weighted by molar-refractivity contribution is 7.99. The van der Waals surface area contributed by atoms with Crippen molar-refractivity contribution in [1.29, 1.82) is 0 Å².